The van der Waals surface area contributed by atoms with Crippen LogP contribution in [0.2, 0.25) is 0 Å². The van der Waals surface area contributed by atoms with E-state index < -0.39 is 0 Å². The second-order valence-electron chi connectivity index (χ2n) is 5.28. The van der Waals surface area contributed by atoms with Gasteiger partial charge in [-0.3, -0.25) is 0 Å². The van der Waals surface area contributed by atoms with Crippen molar-refractivity contribution in [2.75, 3.05) is 18.5 Å². The summed E-state index contributed by atoms with van der Waals surface area (Å²) in [6.07, 6.45) is 2.69. The minimum atomic E-state index is 0.0534. The number of ether oxygens (including phenoxy) is 1. The van der Waals surface area contributed by atoms with E-state index in [1.165, 1.54) is 4.88 Å². The third kappa shape index (κ3) is 3.93. The van der Waals surface area contributed by atoms with Crippen LogP contribution in [-0.4, -0.2) is 23.1 Å². The highest BCUT2D eigenvalue weighted by atomic mass is 32.1. The third-order valence-corrected chi connectivity index (χ3v) is 4.20. The van der Waals surface area contributed by atoms with Crippen LogP contribution >= 0.6 is 11.3 Å². The van der Waals surface area contributed by atoms with Gasteiger partial charge < -0.3 is 10.1 Å². The standard InChI is InChI=1S/C15H21N3OS/c1-4-9-19-13-7-8-16-14(18-13)17-11-15(2,3)12-6-5-10-20-12/h5-8,10H,4,9,11H2,1-3H3,(H,16,17,18). The van der Waals surface area contributed by atoms with Gasteiger partial charge in [0.15, 0.2) is 0 Å². The van der Waals surface area contributed by atoms with Crippen molar-refractivity contribution in [2.24, 2.45) is 0 Å². The van der Waals surface area contributed by atoms with Crippen LogP contribution in [0.4, 0.5) is 5.95 Å². The van der Waals surface area contributed by atoms with E-state index in [1.807, 2.05) is 0 Å². The largest absolute Gasteiger partial charge is 0.478 e. The van der Waals surface area contributed by atoms with Gasteiger partial charge in [-0.15, -0.1) is 11.3 Å². The summed E-state index contributed by atoms with van der Waals surface area (Å²) in [5.74, 6) is 1.24. The zero-order valence-electron chi connectivity index (χ0n) is 12.2. The lowest BCUT2D eigenvalue weighted by molar-refractivity contribution is 0.305. The van der Waals surface area contributed by atoms with E-state index in [0.29, 0.717) is 18.4 Å². The van der Waals surface area contributed by atoms with E-state index in [-0.39, 0.29) is 5.41 Å². The summed E-state index contributed by atoms with van der Waals surface area (Å²) in [4.78, 5) is 9.94. The quantitative estimate of drug-likeness (QED) is 0.844. The van der Waals surface area contributed by atoms with Gasteiger partial charge in [0.1, 0.15) is 0 Å². The van der Waals surface area contributed by atoms with E-state index >= 15 is 0 Å². The number of rotatable bonds is 7. The number of hydrogen-bond donors (Lipinski definition) is 1. The number of anilines is 1. The van der Waals surface area contributed by atoms with E-state index in [0.717, 1.165) is 13.0 Å². The summed E-state index contributed by atoms with van der Waals surface area (Å²) in [5, 5.41) is 5.40. The van der Waals surface area contributed by atoms with Gasteiger partial charge in [0, 0.05) is 29.1 Å². The molecule has 4 nitrogen and oxygen atoms in total. The zero-order chi connectivity index (χ0) is 14.4. The van der Waals surface area contributed by atoms with E-state index in [9.17, 15) is 0 Å². The van der Waals surface area contributed by atoms with Gasteiger partial charge in [-0.1, -0.05) is 26.8 Å². The molecular weight excluding hydrogens is 270 g/mol. The van der Waals surface area contributed by atoms with Gasteiger partial charge in [-0.2, -0.15) is 4.98 Å². The predicted molar refractivity (Wildman–Crippen MR) is 83.7 cm³/mol. The van der Waals surface area contributed by atoms with Crippen molar-refractivity contribution in [3.05, 3.63) is 34.7 Å². The molecule has 2 rings (SSSR count). The van der Waals surface area contributed by atoms with Crippen LogP contribution in [0.1, 0.15) is 32.1 Å². The van der Waals surface area contributed by atoms with Crippen LogP contribution in [-0.2, 0) is 5.41 Å². The van der Waals surface area contributed by atoms with Crippen molar-refractivity contribution >= 4 is 17.3 Å². The second-order valence-corrected chi connectivity index (χ2v) is 6.23. The minimum absolute atomic E-state index is 0.0534. The number of nitrogens with zero attached hydrogens (tertiary/aromatic N) is 2. The average molecular weight is 291 g/mol. The molecule has 0 aromatic carbocycles. The molecule has 0 saturated heterocycles. The number of aromatic nitrogens is 2. The molecule has 2 aromatic heterocycles. The molecular formula is C15H21N3OS. The summed E-state index contributed by atoms with van der Waals surface area (Å²) < 4.78 is 5.51. The number of thiophene rings is 1. The Kier molecular flexibility index (Phi) is 4.95. The Morgan fingerprint density at radius 2 is 2.20 bits per heavy atom. The highest BCUT2D eigenvalue weighted by molar-refractivity contribution is 7.10. The third-order valence-electron chi connectivity index (χ3n) is 2.96. The Balaban J connectivity index is 1.96. The van der Waals surface area contributed by atoms with Crippen molar-refractivity contribution in [3.63, 3.8) is 0 Å². The van der Waals surface area contributed by atoms with Crippen molar-refractivity contribution in [2.45, 2.75) is 32.6 Å². The molecule has 0 aliphatic carbocycles. The average Bonchev–Trinajstić information content (AvgIpc) is 2.98. The number of hydrogen-bond acceptors (Lipinski definition) is 5. The lowest BCUT2D eigenvalue weighted by atomic mass is 9.91. The molecule has 0 aliphatic heterocycles. The number of nitrogens with one attached hydrogen (secondary N) is 1. The topological polar surface area (TPSA) is 47.0 Å². The lowest BCUT2D eigenvalue weighted by Gasteiger charge is -2.23. The maximum atomic E-state index is 5.51. The Morgan fingerprint density at radius 1 is 1.35 bits per heavy atom. The van der Waals surface area contributed by atoms with Crippen molar-refractivity contribution in [1.82, 2.24) is 9.97 Å². The maximum absolute atomic E-state index is 5.51. The first kappa shape index (κ1) is 14.8. The summed E-state index contributed by atoms with van der Waals surface area (Å²) in [7, 11) is 0. The Labute approximate surface area is 124 Å². The molecule has 0 atom stereocenters. The van der Waals surface area contributed by atoms with E-state index in [1.54, 1.807) is 23.6 Å². The first-order valence-electron chi connectivity index (χ1n) is 6.85. The van der Waals surface area contributed by atoms with Crippen LogP contribution in [0.5, 0.6) is 5.88 Å². The molecule has 0 radical (unpaired) electrons. The fourth-order valence-electron chi connectivity index (χ4n) is 1.77. The molecule has 20 heavy (non-hydrogen) atoms. The van der Waals surface area contributed by atoms with E-state index in [4.69, 9.17) is 4.74 Å². The first-order valence-corrected chi connectivity index (χ1v) is 7.73. The molecule has 2 aromatic rings. The monoisotopic (exact) mass is 291 g/mol. The Bertz CT molecular complexity index is 526. The molecule has 0 saturated carbocycles. The van der Waals surface area contributed by atoms with Crippen molar-refractivity contribution in [3.8, 4) is 5.88 Å². The molecule has 0 unspecified atom stereocenters. The van der Waals surface area contributed by atoms with Gasteiger partial charge in [-0.25, -0.2) is 4.98 Å². The minimum Gasteiger partial charge on any atom is -0.478 e. The Morgan fingerprint density at radius 3 is 2.90 bits per heavy atom. The fraction of sp³-hybridized carbons (Fsp3) is 0.467. The Hall–Kier alpha value is -1.62. The predicted octanol–water partition coefficient (Wildman–Crippen LogP) is 3.72. The lowest BCUT2D eigenvalue weighted by Crippen LogP contribution is -2.27. The highest BCUT2D eigenvalue weighted by Crippen LogP contribution is 2.27. The first-order chi connectivity index (χ1) is 9.62. The maximum Gasteiger partial charge on any atom is 0.225 e. The summed E-state index contributed by atoms with van der Waals surface area (Å²) >= 11 is 1.77. The van der Waals surface area contributed by atoms with Crippen LogP contribution in [0.3, 0.4) is 0 Å². The fourth-order valence-corrected chi connectivity index (χ4v) is 2.62. The molecule has 108 valence electrons. The van der Waals surface area contributed by atoms with Crippen LogP contribution < -0.4 is 10.1 Å². The van der Waals surface area contributed by atoms with Crippen LogP contribution in [0.15, 0.2) is 29.8 Å². The summed E-state index contributed by atoms with van der Waals surface area (Å²) in [5.41, 5.74) is 0.0534. The normalized spacial score (nSPS) is 11.3. The zero-order valence-corrected chi connectivity index (χ0v) is 13.0. The van der Waals surface area contributed by atoms with E-state index in [2.05, 4.69) is 53.6 Å². The van der Waals surface area contributed by atoms with Crippen LogP contribution in [0.25, 0.3) is 0 Å². The molecule has 0 fully saturated rings. The van der Waals surface area contributed by atoms with Gasteiger partial charge >= 0.3 is 0 Å². The highest BCUT2D eigenvalue weighted by Gasteiger charge is 2.21. The molecule has 2 heterocycles. The molecule has 0 spiro atoms. The molecule has 0 amide bonds. The molecule has 5 heteroatoms. The van der Waals surface area contributed by atoms with Crippen LogP contribution in [0, 0.1) is 0 Å². The molecule has 0 aliphatic rings. The molecule has 0 bridgehead atoms. The second kappa shape index (κ2) is 6.70. The SMILES string of the molecule is CCCOc1ccnc(NCC(C)(C)c2cccs2)n1. The smallest absolute Gasteiger partial charge is 0.225 e. The van der Waals surface area contributed by atoms with Crippen molar-refractivity contribution in [1.29, 1.82) is 0 Å². The van der Waals surface area contributed by atoms with Gasteiger partial charge in [0.25, 0.3) is 0 Å². The van der Waals surface area contributed by atoms with Gasteiger partial charge in [0.05, 0.1) is 6.61 Å². The van der Waals surface area contributed by atoms with Crippen molar-refractivity contribution < 1.29 is 4.74 Å². The molecule has 1 N–H and O–H groups in total. The summed E-state index contributed by atoms with van der Waals surface area (Å²) in [6, 6.07) is 6.02. The van der Waals surface area contributed by atoms with Gasteiger partial charge in [-0.05, 0) is 17.9 Å². The summed E-state index contributed by atoms with van der Waals surface area (Å²) in [6.45, 7) is 7.96. The van der Waals surface area contributed by atoms with Gasteiger partial charge in [0.2, 0.25) is 11.8 Å².